The number of rotatable bonds is 10. The maximum atomic E-state index is 12.2. The number of carbonyl (C=O) groups excluding carboxylic acids is 1. The number of thiazole rings is 1. The predicted molar refractivity (Wildman–Crippen MR) is 150 cm³/mol. The average molecular weight is 542 g/mol. The minimum atomic E-state index is -0.284. The molecule has 186 valence electrons. The van der Waals surface area contributed by atoms with Gasteiger partial charge in [0, 0.05) is 36.8 Å². The van der Waals surface area contributed by atoms with E-state index in [1.54, 1.807) is 6.07 Å². The van der Waals surface area contributed by atoms with Crippen molar-refractivity contribution in [3.63, 3.8) is 0 Å². The van der Waals surface area contributed by atoms with Gasteiger partial charge in [0.1, 0.15) is 5.75 Å². The molecule has 0 aliphatic carbocycles. The molecular formula is C27H26Cl2N4O2S. The van der Waals surface area contributed by atoms with Crippen molar-refractivity contribution in [2.75, 3.05) is 30.4 Å². The predicted octanol–water partition coefficient (Wildman–Crippen LogP) is 7.34. The molecule has 2 amide bonds. The highest BCUT2D eigenvalue weighted by molar-refractivity contribution is 7.14. The zero-order chi connectivity index (χ0) is 25.3. The van der Waals surface area contributed by atoms with Crippen LogP contribution in [0.3, 0.4) is 0 Å². The molecule has 36 heavy (non-hydrogen) atoms. The van der Waals surface area contributed by atoms with E-state index in [0.717, 1.165) is 41.2 Å². The summed E-state index contributed by atoms with van der Waals surface area (Å²) in [4.78, 5) is 18.8. The van der Waals surface area contributed by atoms with E-state index in [1.165, 1.54) is 11.3 Å². The summed E-state index contributed by atoms with van der Waals surface area (Å²) >= 11 is 13.5. The van der Waals surface area contributed by atoms with Crippen LogP contribution in [0.4, 0.5) is 15.6 Å². The van der Waals surface area contributed by atoms with Gasteiger partial charge in [-0.15, -0.1) is 11.3 Å². The minimum absolute atomic E-state index is 0.284. The molecule has 1 heterocycles. The third kappa shape index (κ3) is 7.37. The molecule has 4 rings (SSSR count). The van der Waals surface area contributed by atoms with Gasteiger partial charge in [0.2, 0.25) is 0 Å². The Bertz CT molecular complexity index is 1280. The first-order chi connectivity index (χ1) is 17.5. The van der Waals surface area contributed by atoms with Gasteiger partial charge in [-0.25, -0.2) is 9.78 Å². The average Bonchev–Trinajstić information content (AvgIpc) is 3.36. The lowest BCUT2D eigenvalue weighted by molar-refractivity contribution is 0.251. The van der Waals surface area contributed by atoms with Crippen molar-refractivity contribution >= 4 is 51.4 Å². The Labute approximate surface area is 224 Å². The summed E-state index contributed by atoms with van der Waals surface area (Å²) in [5, 5.41) is 9.18. The minimum Gasteiger partial charge on any atom is -0.494 e. The highest BCUT2D eigenvalue weighted by atomic mass is 35.5. The third-order valence-corrected chi connectivity index (χ3v) is 6.92. The molecule has 4 aromatic rings. The smallest absolute Gasteiger partial charge is 0.321 e. The monoisotopic (exact) mass is 540 g/mol. The maximum Gasteiger partial charge on any atom is 0.321 e. The van der Waals surface area contributed by atoms with E-state index in [2.05, 4.69) is 20.5 Å². The van der Waals surface area contributed by atoms with E-state index in [-0.39, 0.29) is 6.03 Å². The topological polar surface area (TPSA) is 66.5 Å². The van der Waals surface area contributed by atoms with Crippen LogP contribution >= 0.6 is 34.5 Å². The van der Waals surface area contributed by atoms with Gasteiger partial charge in [0.05, 0.1) is 22.3 Å². The second-order valence-corrected chi connectivity index (χ2v) is 9.75. The molecule has 0 spiro atoms. The SMILES string of the molecule is CN(CCCOc1ccc(-c2csc(NC(=O)NCc3ccccc3)n2)cc1)c1ccc(Cl)c(Cl)c1. The van der Waals surface area contributed by atoms with Crippen LogP contribution in [0, 0.1) is 0 Å². The number of benzene rings is 3. The van der Waals surface area contributed by atoms with Crippen LogP contribution in [0.25, 0.3) is 11.3 Å². The number of amides is 2. The summed E-state index contributed by atoms with van der Waals surface area (Å²) in [7, 11) is 2.01. The van der Waals surface area contributed by atoms with Crippen LogP contribution in [0.1, 0.15) is 12.0 Å². The normalized spacial score (nSPS) is 10.6. The first-order valence-corrected chi connectivity index (χ1v) is 13.1. The van der Waals surface area contributed by atoms with Gasteiger partial charge in [-0.05, 0) is 54.4 Å². The first kappa shape index (κ1) is 25.8. The lowest BCUT2D eigenvalue weighted by atomic mass is 10.2. The fourth-order valence-corrected chi connectivity index (χ4v) is 4.46. The van der Waals surface area contributed by atoms with Crippen LogP contribution in [0.5, 0.6) is 5.75 Å². The third-order valence-electron chi connectivity index (χ3n) is 5.42. The number of ether oxygens (including phenoxy) is 1. The van der Waals surface area contributed by atoms with Gasteiger partial charge in [-0.1, -0.05) is 53.5 Å². The van der Waals surface area contributed by atoms with Crippen molar-refractivity contribution in [3.05, 3.63) is 93.8 Å². The zero-order valence-electron chi connectivity index (χ0n) is 19.7. The van der Waals surface area contributed by atoms with Gasteiger partial charge in [-0.2, -0.15) is 0 Å². The lowest BCUT2D eigenvalue weighted by Crippen LogP contribution is -2.28. The number of nitrogens with one attached hydrogen (secondary N) is 2. The van der Waals surface area contributed by atoms with Crippen LogP contribution in [-0.4, -0.2) is 31.2 Å². The molecule has 0 radical (unpaired) electrons. The number of urea groups is 1. The number of halogens is 2. The van der Waals surface area contributed by atoms with E-state index in [0.29, 0.717) is 28.3 Å². The molecule has 1 aromatic heterocycles. The Kier molecular flexibility index (Phi) is 9.06. The molecule has 0 saturated carbocycles. The van der Waals surface area contributed by atoms with Crippen LogP contribution in [-0.2, 0) is 6.54 Å². The molecule has 9 heteroatoms. The molecule has 0 fully saturated rings. The van der Waals surface area contributed by atoms with Crippen molar-refractivity contribution in [1.29, 1.82) is 0 Å². The molecule has 0 unspecified atom stereocenters. The standard InChI is InChI=1S/C27H26Cl2N4O2S/c1-33(21-10-13-23(28)24(29)16-21)14-5-15-35-22-11-8-20(9-12-22)25-18-36-27(31-25)32-26(34)30-17-19-6-3-2-4-7-19/h2-4,6-13,16,18H,5,14-15,17H2,1H3,(H2,30,31,32,34). The molecular weight excluding hydrogens is 515 g/mol. The fourth-order valence-electron chi connectivity index (χ4n) is 3.45. The molecule has 0 saturated heterocycles. The quantitative estimate of drug-likeness (QED) is 0.206. The molecule has 0 aliphatic heterocycles. The van der Waals surface area contributed by atoms with E-state index in [9.17, 15) is 4.79 Å². The number of carbonyl (C=O) groups is 1. The summed E-state index contributed by atoms with van der Waals surface area (Å²) < 4.78 is 5.89. The summed E-state index contributed by atoms with van der Waals surface area (Å²) in [5.74, 6) is 0.796. The molecule has 6 nitrogen and oxygen atoms in total. The van der Waals surface area contributed by atoms with Crippen molar-refractivity contribution in [1.82, 2.24) is 10.3 Å². The Hall–Kier alpha value is -3.26. The Balaban J connectivity index is 1.21. The van der Waals surface area contributed by atoms with Gasteiger partial charge in [0.15, 0.2) is 5.13 Å². The summed E-state index contributed by atoms with van der Waals surface area (Å²) in [6, 6.07) is 22.9. The zero-order valence-corrected chi connectivity index (χ0v) is 22.0. The van der Waals surface area contributed by atoms with Gasteiger partial charge < -0.3 is 15.0 Å². The van der Waals surface area contributed by atoms with Crippen molar-refractivity contribution in [3.8, 4) is 17.0 Å². The number of hydrogen-bond acceptors (Lipinski definition) is 5. The van der Waals surface area contributed by atoms with E-state index < -0.39 is 0 Å². The van der Waals surface area contributed by atoms with E-state index in [4.69, 9.17) is 27.9 Å². The van der Waals surface area contributed by atoms with Crippen molar-refractivity contribution in [2.24, 2.45) is 0 Å². The van der Waals surface area contributed by atoms with Gasteiger partial charge >= 0.3 is 6.03 Å². The van der Waals surface area contributed by atoms with Crippen molar-refractivity contribution < 1.29 is 9.53 Å². The highest BCUT2D eigenvalue weighted by Gasteiger charge is 2.09. The highest BCUT2D eigenvalue weighted by Crippen LogP contribution is 2.28. The molecule has 2 N–H and O–H groups in total. The first-order valence-electron chi connectivity index (χ1n) is 11.4. The second-order valence-electron chi connectivity index (χ2n) is 8.08. The molecule has 0 aliphatic rings. The van der Waals surface area contributed by atoms with Gasteiger partial charge in [-0.3, -0.25) is 5.32 Å². The Morgan fingerprint density at radius 1 is 1.03 bits per heavy atom. The Morgan fingerprint density at radius 3 is 2.56 bits per heavy atom. The number of anilines is 2. The lowest BCUT2D eigenvalue weighted by Gasteiger charge is -2.19. The number of hydrogen-bond donors (Lipinski definition) is 2. The summed E-state index contributed by atoms with van der Waals surface area (Å²) in [5.41, 5.74) is 3.80. The van der Waals surface area contributed by atoms with Crippen LogP contribution < -0.4 is 20.3 Å². The maximum absolute atomic E-state index is 12.2. The molecule has 0 bridgehead atoms. The fraction of sp³-hybridized carbons (Fsp3) is 0.185. The molecule has 3 aromatic carbocycles. The van der Waals surface area contributed by atoms with E-state index in [1.807, 2.05) is 79.2 Å². The number of aromatic nitrogens is 1. The van der Waals surface area contributed by atoms with Crippen molar-refractivity contribution in [2.45, 2.75) is 13.0 Å². The van der Waals surface area contributed by atoms with Crippen LogP contribution in [0.15, 0.2) is 78.2 Å². The Morgan fingerprint density at radius 2 is 1.81 bits per heavy atom. The second kappa shape index (κ2) is 12.6. The molecule has 0 atom stereocenters. The summed E-state index contributed by atoms with van der Waals surface area (Å²) in [6.45, 7) is 1.87. The van der Waals surface area contributed by atoms with E-state index >= 15 is 0 Å². The van der Waals surface area contributed by atoms with Gasteiger partial charge in [0.25, 0.3) is 0 Å². The van der Waals surface area contributed by atoms with Crippen LogP contribution in [0.2, 0.25) is 10.0 Å². The largest absolute Gasteiger partial charge is 0.494 e. The number of nitrogens with zero attached hydrogens (tertiary/aromatic N) is 2. The summed E-state index contributed by atoms with van der Waals surface area (Å²) in [6.07, 6.45) is 0.853.